The van der Waals surface area contributed by atoms with E-state index in [0.29, 0.717) is 0 Å². The molecule has 0 heterocycles. The molecule has 0 spiro atoms. The van der Waals surface area contributed by atoms with Crippen molar-refractivity contribution >= 4 is 20.2 Å². The van der Waals surface area contributed by atoms with Crippen LogP contribution < -0.4 is 0 Å². The van der Waals surface area contributed by atoms with Gasteiger partial charge in [-0.2, -0.15) is 12.6 Å². The summed E-state index contributed by atoms with van der Waals surface area (Å²) in [6.45, 7) is 0.539. The number of aliphatic hydroxyl groups excluding tert-OH is 1. The fourth-order valence-corrected chi connectivity index (χ4v) is 0.276. The molecule has 9 heavy (non-hydrogen) atoms. The third-order valence-electron chi connectivity index (χ3n) is 0.927. The molecule has 6 heteroatoms. The molecule has 0 bridgehead atoms. The summed E-state index contributed by atoms with van der Waals surface area (Å²) in [5.74, 6) is 0. The molecule has 56 valence electrons. The lowest BCUT2D eigenvalue weighted by Gasteiger charge is -2.21. The molecule has 1 atom stereocenters. The molecule has 0 aliphatic carbocycles. The van der Waals surface area contributed by atoms with E-state index in [0.717, 1.165) is 0 Å². The first-order valence-corrected chi connectivity index (χ1v) is 4.26. The molecule has 0 aliphatic heterocycles. The second-order valence-corrected chi connectivity index (χ2v) is 5.33. The van der Waals surface area contributed by atoms with E-state index in [1.165, 1.54) is 6.92 Å². The van der Waals surface area contributed by atoms with Gasteiger partial charge in [-0.15, -0.1) is 0 Å². The van der Waals surface area contributed by atoms with Crippen molar-refractivity contribution in [3.8, 4) is 0 Å². The van der Waals surface area contributed by atoms with E-state index in [9.17, 15) is 4.57 Å². The molecule has 0 aromatic carbocycles. The Morgan fingerprint density at radius 3 is 2.00 bits per heavy atom. The minimum absolute atomic E-state index is 0.639. The van der Waals surface area contributed by atoms with Crippen LogP contribution in [-0.2, 0) is 4.57 Å². The van der Waals surface area contributed by atoms with Crippen molar-refractivity contribution in [1.29, 1.82) is 0 Å². The van der Waals surface area contributed by atoms with Crippen LogP contribution in [0.4, 0.5) is 0 Å². The summed E-state index contributed by atoms with van der Waals surface area (Å²) in [7, 11) is -4.25. The number of rotatable bonds is 2. The van der Waals surface area contributed by atoms with Crippen molar-refractivity contribution in [2.24, 2.45) is 0 Å². The van der Waals surface area contributed by atoms with Crippen molar-refractivity contribution in [2.45, 2.75) is 11.4 Å². The van der Waals surface area contributed by atoms with Gasteiger partial charge in [0.25, 0.3) is 0 Å². The highest BCUT2D eigenvalue weighted by Crippen LogP contribution is 2.52. The third kappa shape index (κ3) is 2.27. The average Bonchev–Trinajstić information content (AvgIpc) is 1.64. The van der Waals surface area contributed by atoms with Gasteiger partial charge in [0.1, 0.15) is 4.49 Å². The smallest absolute Gasteiger partial charge is 0.343 e. The van der Waals surface area contributed by atoms with Crippen molar-refractivity contribution in [2.75, 3.05) is 6.61 Å². The zero-order valence-corrected chi connectivity index (χ0v) is 6.64. The summed E-state index contributed by atoms with van der Waals surface area (Å²) in [5.41, 5.74) is 0. The maximum atomic E-state index is 10.3. The molecule has 0 radical (unpaired) electrons. The maximum Gasteiger partial charge on any atom is 0.343 e. The summed E-state index contributed by atoms with van der Waals surface area (Å²) in [5, 5.41) is 8.36. The van der Waals surface area contributed by atoms with E-state index < -0.39 is 18.7 Å². The lowest BCUT2D eigenvalue weighted by atomic mass is 10.5. The highest BCUT2D eigenvalue weighted by molar-refractivity contribution is 7.90. The van der Waals surface area contributed by atoms with E-state index >= 15 is 0 Å². The molecule has 0 saturated carbocycles. The Morgan fingerprint density at radius 2 is 2.00 bits per heavy atom. The highest BCUT2D eigenvalue weighted by Gasteiger charge is 2.38. The van der Waals surface area contributed by atoms with E-state index in [-0.39, 0.29) is 0 Å². The van der Waals surface area contributed by atoms with Gasteiger partial charge in [0.05, 0.1) is 6.61 Å². The second-order valence-electron chi connectivity index (χ2n) is 1.92. The van der Waals surface area contributed by atoms with Crippen molar-refractivity contribution in [1.82, 2.24) is 0 Å². The zero-order chi connectivity index (χ0) is 7.71. The number of aliphatic hydroxyl groups is 1. The largest absolute Gasteiger partial charge is 0.394 e. The molecular formula is C3H9O4PS. The average molecular weight is 172 g/mol. The Hall–Kier alpha value is 0.460. The fourth-order valence-electron chi connectivity index (χ4n) is 0.0921. The monoisotopic (exact) mass is 172 g/mol. The first-order valence-electron chi connectivity index (χ1n) is 2.20. The lowest BCUT2D eigenvalue weighted by molar-refractivity contribution is 0.260. The lowest BCUT2D eigenvalue weighted by Crippen LogP contribution is -2.21. The molecule has 0 fully saturated rings. The summed E-state index contributed by atoms with van der Waals surface area (Å²) >= 11 is 3.55. The molecule has 0 rings (SSSR count). The van der Waals surface area contributed by atoms with E-state index in [1.54, 1.807) is 0 Å². The van der Waals surface area contributed by atoms with Crippen LogP contribution in [0.3, 0.4) is 0 Å². The van der Waals surface area contributed by atoms with Gasteiger partial charge in [0, 0.05) is 0 Å². The Balaban J connectivity index is 4.34. The predicted octanol–water partition coefficient (Wildman–Crippen LogP) is -0.198. The van der Waals surface area contributed by atoms with Gasteiger partial charge >= 0.3 is 7.60 Å². The molecule has 4 nitrogen and oxygen atoms in total. The molecule has 0 aromatic rings. The van der Waals surface area contributed by atoms with Gasteiger partial charge in [0.15, 0.2) is 0 Å². The van der Waals surface area contributed by atoms with Gasteiger partial charge in [-0.05, 0) is 6.92 Å². The molecule has 0 aliphatic rings. The van der Waals surface area contributed by atoms with Crippen molar-refractivity contribution < 1.29 is 19.5 Å². The van der Waals surface area contributed by atoms with Crippen LogP contribution in [-0.4, -0.2) is 26.0 Å². The Bertz CT molecular complexity index is 139. The first-order chi connectivity index (χ1) is 3.81. The van der Waals surface area contributed by atoms with E-state index in [4.69, 9.17) is 14.9 Å². The molecule has 3 N–H and O–H groups in total. The Kier molecular flexibility index (Phi) is 2.73. The van der Waals surface area contributed by atoms with E-state index in [2.05, 4.69) is 12.6 Å². The molecule has 0 saturated heterocycles. The second kappa shape index (κ2) is 2.60. The number of thiol groups is 1. The van der Waals surface area contributed by atoms with Crippen LogP contribution in [0.5, 0.6) is 0 Å². The van der Waals surface area contributed by atoms with Crippen molar-refractivity contribution in [3.05, 3.63) is 0 Å². The predicted molar refractivity (Wildman–Crippen MR) is 36.5 cm³/mol. The van der Waals surface area contributed by atoms with Crippen LogP contribution in [0.25, 0.3) is 0 Å². The van der Waals surface area contributed by atoms with Gasteiger partial charge in [-0.1, -0.05) is 0 Å². The standard InChI is InChI=1S/C3H9O4PS/c1-3(9,2-4)8(5,6)7/h4,9H,2H2,1H3,(H2,5,6,7). The molecule has 0 amide bonds. The highest BCUT2D eigenvalue weighted by atomic mass is 32.1. The van der Waals surface area contributed by atoms with Gasteiger partial charge < -0.3 is 14.9 Å². The quantitative estimate of drug-likeness (QED) is 0.343. The van der Waals surface area contributed by atoms with Crippen LogP contribution in [0.15, 0.2) is 0 Å². The SMILES string of the molecule is CC(S)(CO)P(=O)(O)O. The topological polar surface area (TPSA) is 77.8 Å². The van der Waals surface area contributed by atoms with Crippen LogP contribution in [0.1, 0.15) is 6.92 Å². The number of hydrogen-bond acceptors (Lipinski definition) is 3. The molecular weight excluding hydrogens is 163 g/mol. The molecule has 0 aromatic heterocycles. The van der Waals surface area contributed by atoms with Gasteiger partial charge in [-0.25, -0.2) is 0 Å². The minimum Gasteiger partial charge on any atom is -0.394 e. The van der Waals surface area contributed by atoms with Crippen molar-refractivity contribution in [3.63, 3.8) is 0 Å². The number of hydrogen-bond donors (Lipinski definition) is 4. The zero-order valence-electron chi connectivity index (χ0n) is 4.85. The Labute approximate surface area is 58.5 Å². The van der Waals surface area contributed by atoms with Gasteiger partial charge in [0.2, 0.25) is 0 Å². The fraction of sp³-hybridized carbons (Fsp3) is 1.00. The third-order valence-corrected chi connectivity index (χ3v) is 3.25. The molecule has 1 unspecified atom stereocenters. The van der Waals surface area contributed by atoms with Crippen LogP contribution in [0, 0.1) is 0 Å². The van der Waals surface area contributed by atoms with E-state index in [1.807, 2.05) is 0 Å². The summed E-state index contributed by atoms with van der Waals surface area (Å²) in [6, 6.07) is 0. The Morgan fingerprint density at radius 1 is 1.67 bits per heavy atom. The summed E-state index contributed by atoms with van der Waals surface area (Å²) in [4.78, 5) is 16.8. The van der Waals surface area contributed by atoms with Crippen LogP contribution in [0.2, 0.25) is 0 Å². The summed E-state index contributed by atoms with van der Waals surface area (Å²) in [6.07, 6.45) is 0. The normalized spacial score (nSPS) is 19.2. The summed E-state index contributed by atoms with van der Waals surface area (Å²) < 4.78 is 8.74. The first kappa shape index (κ1) is 9.46. The van der Waals surface area contributed by atoms with Crippen LogP contribution >= 0.6 is 20.2 Å². The van der Waals surface area contributed by atoms with Gasteiger partial charge in [-0.3, -0.25) is 4.57 Å². The minimum atomic E-state index is -4.25. The maximum absolute atomic E-state index is 10.3.